The molecular formula is C12H14N4O. The molecule has 1 heterocycles. The first kappa shape index (κ1) is 11.2. The highest BCUT2D eigenvalue weighted by molar-refractivity contribution is 6.03. The molecular weight excluding hydrogens is 216 g/mol. The highest BCUT2D eigenvalue weighted by atomic mass is 16.2. The molecule has 0 atom stereocenters. The second-order valence-electron chi connectivity index (χ2n) is 3.87. The van der Waals surface area contributed by atoms with E-state index in [1.165, 1.54) is 4.68 Å². The molecule has 0 fully saturated rings. The number of nitrogens with zero attached hydrogens (tertiary/aromatic N) is 2. The third-order valence-corrected chi connectivity index (χ3v) is 2.56. The van der Waals surface area contributed by atoms with Crippen LogP contribution in [0, 0.1) is 6.92 Å². The van der Waals surface area contributed by atoms with Gasteiger partial charge in [-0.3, -0.25) is 9.48 Å². The standard InChI is InChI=1S/C12H14N4O/c1-8-3-4-9(13)7-10(8)15-12(17)11-5-6-14-16(11)2/h3-7H,13H2,1-2H3,(H,15,17). The van der Waals surface area contributed by atoms with Crippen molar-refractivity contribution in [2.45, 2.75) is 6.92 Å². The van der Waals surface area contributed by atoms with Crippen LogP contribution in [0.25, 0.3) is 0 Å². The predicted molar refractivity (Wildman–Crippen MR) is 66.8 cm³/mol. The Morgan fingerprint density at radius 2 is 2.18 bits per heavy atom. The summed E-state index contributed by atoms with van der Waals surface area (Å²) in [5.74, 6) is -0.196. The summed E-state index contributed by atoms with van der Waals surface area (Å²) in [6.45, 7) is 1.91. The summed E-state index contributed by atoms with van der Waals surface area (Å²) >= 11 is 0. The van der Waals surface area contributed by atoms with E-state index in [-0.39, 0.29) is 5.91 Å². The first-order valence-electron chi connectivity index (χ1n) is 5.23. The summed E-state index contributed by atoms with van der Waals surface area (Å²) in [5, 5.41) is 6.76. The lowest BCUT2D eigenvalue weighted by Gasteiger charge is -2.09. The minimum atomic E-state index is -0.196. The second-order valence-corrected chi connectivity index (χ2v) is 3.87. The van der Waals surface area contributed by atoms with E-state index in [9.17, 15) is 4.79 Å². The van der Waals surface area contributed by atoms with Crippen molar-refractivity contribution in [2.24, 2.45) is 7.05 Å². The zero-order chi connectivity index (χ0) is 12.4. The first-order valence-corrected chi connectivity index (χ1v) is 5.23. The number of nitrogens with one attached hydrogen (secondary N) is 1. The lowest BCUT2D eigenvalue weighted by atomic mass is 10.2. The van der Waals surface area contributed by atoms with Gasteiger partial charge in [-0.1, -0.05) is 6.07 Å². The fourth-order valence-corrected chi connectivity index (χ4v) is 1.56. The zero-order valence-electron chi connectivity index (χ0n) is 9.77. The van der Waals surface area contributed by atoms with Gasteiger partial charge in [0, 0.05) is 24.6 Å². The van der Waals surface area contributed by atoms with Crippen LogP contribution in [0.5, 0.6) is 0 Å². The van der Waals surface area contributed by atoms with Gasteiger partial charge in [-0.05, 0) is 30.7 Å². The van der Waals surface area contributed by atoms with Crippen molar-refractivity contribution in [2.75, 3.05) is 11.1 Å². The van der Waals surface area contributed by atoms with Crippen molar-refractivity contribution in [3.05, 3.63) is 41.7 Å². The number of carbonyl (C=O) groups is 1. The smallest absolute Gasteiger partial charge is 0.273 e. The zero-order valence-corrected chi connectivity index (χ0v) is 9.77. The van der Waals surface area contributed by atoms with Crippen LogP contribution in [0.4, 0.5) is 11.4 Å². The summed E-state index contributed by atoms with van der Waals surface area (Å²) in [5.41, 5.74) is 8.50. The maximum atomic E-state index is 11.9. The Balaban J connectivity index is 2.24. The van der Waals surface area contributed by atoms with E-state index in [0.717, 1.165) is 11.3 Å². The molecule has 0 bridgehead atoms. The minimum Gasteiger partial charge on any atom is -0.399 e. The van der Waals surface area contributed by atoms with Gasteiger partial charge in [0.25, 0.3) is 5.91 Å². The fourth-order valence-electron chi connectivity index (χ4n) is 1.56. The lowest BCUT2D eigenvalue weighted by Crippen LogP contribution is -2.16. The molecule has 0 spiro atoms. The topological polar surface area (TPSA) is 72.9 Å². The number of hydrogen-bond donors (Lipinski definition) is 2. The summed E-state index contributed by atoms with van der Waals surface area (Å²) in [6.07, 6.45) is 1.58. The van der Waals surface area contributed by atoms with Gasteiger partial charge < -0.3 is 11.1 Å². The quantitative estimate of drug-likeness (QED) is 0.769. The van der Waals surface area contributed by atoms with Crippen molar-refractivity contribution in [3.8, 4) is 0 Å². The van der Waals surface area contributed by atoms with E-state index in [1.54, 1.807) is 31.4 Å². The van der Waals surface area contributed by atoms with Crippen molar-refractivity contribution in [3.63, 3.8) is 0 Å². The van der Waals surface area contributed by atoms with Crippen molar-refractivity contribution >= 4 is 17.3 Å². The molecule has 1 aromatic carbocycles. The van der Waals surface area contributed by atoms with Crippen LogP contribution in [0.1, 0.15) is 16.1 Å². The van der Waals surface area contributed by atoms with Crippen LogP contribution in [0.15, 0.2) is 30.5 Å². The number of amides is 1. The van der Waals surface area contributed by atoms with Crippen molar-refractivity contribution in [1.82, 2.24) is 9.78 Å². The Labute approximate surface area is 99.2 Å². The van der Waals surface area contributed by atoms with E-state index in [2.05, 4.69) is 10.4 Å². The average Bonchev–Trinajstić information content (AvgIpc) is 2.70. The van der Waals surface area contributed by atoms with Crippen LogP contribution in [-0.2, 0) is 7.05 Å². The van der Waals surface area contributed by atoms with Gasteiger partial charge in [0.1, 0.15) is 5.69 Å². The molecule has 0 aliphatic carbocycles. The number of rotatable bonds is 2. The Morgan fingerprint density at radius 1 is 1.41 bits per heavy atom. The monoisotopic (exact) mass is 230 g/mol. The second kappa shape index (κ2) is 4.29. The highest BCUT2D eigenvalue weighted by Gasteiger charge is 2.11. The van der Waals surface area contributed by atoms with Crippen LogP contribution in [0.3, 0.4) is 0 Å². The largest absolute Gasteiger partial charge is 0.399 e. The molecule has 0 saturated carbocycles. The number of anilines is 2. The van der Waals surface area contributed by atoms with Crippen LogP contribution in [-0.4, -0.2) is 15.7 Å². The predicted octanol–water partition coefficient (Wildman–Crippen LogP) is 1.56. The molecule has 0 radical (unpaired) electrons. The fraction of sp³-hybridized carbons (Fsp3) is 0.167. The molecule has 1 amide bonds. The van der Waals surface area contributed by atoms with Gasteiger partial charge in [0.15, 0.2) is 0 Å². The van der Waals surface area contributed by atoms with Crippen LogP contribution in [0.2, 0.25) is 0 Å². The molecule has 0 unspecified atom stereocenters. The number of aromatic nitrogens is 2. The summed E-state index contributed by atoms with van der Waals surface area (Å²) in [4.78, 5) is 11.9. The average molecular weight is 230 g/mol. The Hall–Kier alpha value is -2.30. The SMILES string of the molecule is Cc1ccc(N)cc1NC(=O)c1ccnn1C. The normalized spacial score (nSPS) is 10.2. The van der Waals surface area contributed by atoms with E-state index < -0.39 is 0 Å². The summed E-state index contributed by atoms with van der Waals surface area (Å²) in [7, 11) is 1.72. The number of nitrogen functional groups attached to an aromatic ring is 1. The number of carbonyl (C=O) groups excluding carboxylic acids is 1. The van der Waals surface area contributed by atoms with E-state index in [4.69, 9.17) is 5.73 Å². The summed E-state index contributed by atoms with van der Waals surface area (Å²) < 4.78 is 1.52. The number of aryl methyl sites for hydroxylation is 2. The van der Waals surface area contributed by atoms with Gasteiger partial charge in [-0.25, -0.2) is 0 Å². The van der Waals surface area contributed by atoms with E-state index in [0.29, 0.717) is 11.4 Å². The van der Waals surface area contributed by atoms with Crippen LogP contribution >= 0.6 is 0 Å². The molecule has 5 heteroatoms. The Bertz CT molecular complexity index is 559. The molecule has 0 aliphatic heterocycles. The molecule has 5 nitrogen and oxygen atoms in total. The molecule has 17 heavy (non-hydrogen) atoms. The van der Waals surface area contributed by atoms with Crippen molar-refractivity contribution in [1.29, 1.82) is 0 Å². The summed E-state index contributed by atoms with van der Waals surface area (Å²) in [6, 6.07) is 7.07. The van der Waals surface area contributed by atoms with E-state index in [1.807, 2.05) is 13.0 Å². The van der Waals surface area contributed by atoms with Gasteiger partial charge in [0.2, 0.25) is 0 Å². The maximum Gasteiger partial charge on any atom is 0.273 e. The van der Waals surface area contributed by atoms with Gasteiger partial charge in [0.05, 0.1) is 0 Å². The Morgan fingerprint density at radius 3 is 2.82 bits per heavy atom. The van der Waals surface area contributed by atoms with Gasteiger partial charge in [-0.15, -0.1) is 0 Å². The molecule has 2 aromatic rings. The lowest BCUT2D eigenvalue weighted by molar-refractivity contribution is 0.101. The van der Waals surface area contributed by atoms with Gasteiger partial charge in [-0.2, -0.15) is 5.10 Å². The highest BCUT2D eigenvalue weighted by Crippen LogP contribution is 2.18. The molecule has 2 rings (SSSR count). The molecule has 0 saturated heterocycles. The number of benzene rings is 1. The van der Waals surface area contributed by atoms with Crippen LogP contribution < -0.4 is 11.1 Å². The number of nitrogens with two attached hydrogens (primary N) is 1. The Kier molecular flexibility index (Phi) is 2.82. The number of hydrogen-bond acceptors (Lipinski definition) is 3. The molecule has 88 valence electrons. The molecule has 1 aromatic heterocycles. The van der Waals surface area contributed by atoms with Gasteiger partial charge >= 0.3 is 0 Å². The first-order chi connectivity index (χ1) is 8.08. The molecule has 0 aliphatic rings. The third-order valence-electron chi connectivity index (χ3n) is 2.56. The minimum absolute atomic E-state index is 0.196. The maximum absolute atomic E-state index is 11.9. The third kappa shape index (κ3) is 2.28. The van der Waals surface area contributed by atoms with E-state index >= 15 is 0 Å². The molecule has 3 N–H and O–H groups in total. The van der Waals surface area contributed by atoms with Crippen molar-refractivity contribution < 1.29 is 4.79 Å².